The van der Waals surface area contributed by atoms with Crippen LogP contribution in [0.5, 0.6) is 0 Å². The first-order valence-electron chi connectivity index (χ1n) is 4.46. The Morgan fingerprint density at radius 2 is 2.13 bits per heavy atom. The van der Waals surface area contributed by atoms with E-state index in [2.05, 4.69) is 10.6 Å². The van der Waals surface area contributed by atoms with Gasteiger partial charge in [-0.05, 0) is 6.07 Å². The van der Waals surface area contributed by atoms with Crippen LogP contribution in [0.1, 0.15) is 5.56 Å². The van der Waals surface area contributed by atoms with Crippen LogP contribution >= 0.6 is 0 Å². The molecule has 2 rings (SSSR count). The molecule has 1 aromatic carbocycles. The molecular formula is C10H10N2O3. The number of anilines is 1. The Hall–Kier alpha value is -1.88. The summed E-state index contributed by atoms with van der Waals surface area (Å²) in [5, 5.41) is 14.8. The van der Waals surface area contributed by atoms with Gasteiger partial charge in [-0.15, -0.1) is 0 Å². The molecule has 5 nitrogen and oxygen atoms in total. The predicted molar refractivity (Wildman–Crippen MR) is 53.0 cm³/mol. The average Bonchev–Trinajstić information content (AvgIpc) is 2.52. The van der Waals surface area contributed by atoms with E-state index >= 15 is 0 Å². The van der Waals surface area contributed by atoms with Crippen molar-refractivity contribution in [2.75, 3.05) is 12.4 Å². The summed E-state index contributed by atoms with van der Waals surface area (Å²) in [6.07, 6.45) is 0. The molecule has 0 saturated heterocycles. The molecule has 1 atom stereocenters. The van der Waals surface area contributed by atoms with Gasteiger partial charge in [0.1, 0.15) is 0 Å². The monoisotopic (exact) mass is 206 g/mol. The van der Waals surface area contributed by atoms with E-state index in [4.69, 9.17) is 0 Å². The number of benzene rings is 1. The Kier molecular flexibility index (Phi) is 1.97. The highest BCUT2D eigenvalue weighted by Crippen LogP contribution is 2.35. The first kappa shape index (κ1) is 9.67. The second-order valence-electron chi connectivity index (χ2n) is 3.29. The van der Waals surface area contributed by atoms with Gasteiger partial charge >= 0.3 is 0 Å². The number of amides is 2. The largest absolute Gasteiger partial charge is 0.368 e. The number of likely N-dealkylation sites (N-methyl/N-ethyl adjacent to an activating group) is 1. The van der Waals surface area contributed by atoms with Crippen molar-refractivity contribution in [3.63, 3.8) is 0 Å². The van der Waals surface area contributed by atoms with Crippen LogP contribution in [0.25, 0.3) is 0 Å². The van der Waals surface area contributed by atoms with Crippen molar-refractivity contribution >= 4 is 17.5 Å². The van der Waals surface area contributed by atoms with E-state index in [-0.39, 0.29) is 5.56 Å². The quantitative estimate of drug-likeness (QED) is 0.546. The molecule has 15 heavy (non-hydrogen) atoms. The van der Waals surface area contributed by atoms with Gasteiger partial charge in [0.25, 0.3) is 11.8 Å². The Morgan fingerprint density at radius 1 is 1.47 bits per heavy atom. The number of para-hydroxylation sites is 1. The van der Waals surface area contributed by atoms with Crippen molar-refractivity contribution in [1.82, 2.24) is 5.32 Å². The minimum atomic E-state index is -2.11. The maximum absolute atomic E-state index is 11.5. The molecule has 1 heterocycles. The summed E-state index contributed by atoms with van der Waals surface area (Å²) in [7, 11) is 1.37. The third-order valence-electron chi connectivity index (χ3n) is 2.45. The lowest BCUT2D eigenvalue weighted by Gasteiger charge is -2.18. The van der Waals surface area contributed by atoms with Crippen LogP contribution in [-0.2, 0) is 15.2 Å². The first-order valence-corrected chi connectivity index (χ1v) is 4.46. The van der Waals surface area contributed by atoms with Crippen LogP contribution in [0, 0.1) is 0 Å². The maximum atomic E-state index is 11.5. The molecule has 1 aliphatic heterocycles. The molecule has 3 N–H and O–H groups in total. The lowest BCUT2D eigenvalue weighted by Crippen LogP contribution is -2.48. The third kappa shape index (κ3) is 1.13. The third-order valence-corrected chi connectivity index (χ3v) is 2.45. The first-order chi connectivity index (χ1) is 7.10. The van der Waals surface area contributed by atoms with Gasteiger partial charge in [-0.3, -0.25) is 9.59 Å². The molecule has 0 aromatic heterocycles. The van der Waals surface area contributed by atoms with Crippen LogP contribution in [-0.4, -0.2) is 24.0 Å². The number of nitrogens with one attached hydrogen (secondary N) is 2. The van der Waals surface area contributed by atoms with Crippen molar-refractivity contribution in [2.45, 2.75) is 5.60 Å². The van der Waals surface area contributed by atoms with Crippen LogP contribution in [0.15, 0.2) is 24.3 Å². The Balaban J connectivity index is 2.59. The number of rotatable bonds is 1. The van der Waals surface area contributed by atoms with E-state index < -0.39 is 17.4 Å². The topological polar surface area (TPSA) is 78.4 Å². The number of carbonyl (C=O) groups excluding carboxylic acids is 2. The van der Waals surface area contributed by atoms with Crippen molar-refractivity contribution in [2.24, 2.45) is 0 Å². The van der Waals surface area contributed by atoms with Crippen molar-refractivity contribution in [3.05, 3.63) is 29.8 Å². The lowest BCUT2D eigenvalue weighted by molar-refractivity contribution is -0.150. The average molecular weight is 206 g/mol. The SMILES string of the molecule is CNC(=O)C1(O)C(=O)Nc2ccccc21. The molecule has 78 valence electrons. The second-order valence-corrected chi connectivity index (χ2v) is 3.29. The van der Waals surface area contributed by atoms with E-state index in [1.54, 1.807) is 24.3 Å². The van der Waals surface area contributed by atoms with Gasteiger partial charge < -0.3 is 15.7 Å². The highest BCUT2D eigenvalue weighted by Gasteiger charge is 2.51. The van der Waals surface area contributed by atoms with Crippen LogP contribution in [0.3, 0.4) is 0 Å². The molecule has 5 heteroatoms. The van der Waals surface area contributed by atoms with Gasteiger partial charge in [0.15, 0.2) is 0 Å². The maximum Gasteiger partial charge on any atom is 0.271 e. The van der Waals surface area contributed by atoms with Crippen molar-refractivity contribution < 1.29 is 14.7 Å². The van der Waals surface area contributed by atoms with Crippen molar-refractivity contribution in [3.8, 4) is 0 Å². The van der Waals surface area contributed by atoms with Gasteiger partial charge in [0.05, 0.1) is 0 Å². The number of fused-ring (bicyclic) bond motifs is 1. The zero-order chi connectivity index (χ0) is 11.1. The molecular weight excluding hydrogens is 196 g/mol. The summed E-state index contributed by atoms with van der Waals surface area (Å²) in [4.78, 5) is 23.0. The smallest absolute Gasteiger partial charge is 0.271 e. The Labute approximate surface area is 86.1 Å². The number of hydrogen-bond acceptors (Lipinski definition) is 3. The Bertz CT molecular complexity index is 434. The summed E-state index contributed by atoms with van der Waals surface area (Å²) in [5.74, 6) is -1.45. The van der Waals surface area contributed by atoms with E-state index in [1.807, 2.05) is 0 Å². The lowest BCUT2D eigenvalue weighted by atomic mass is 9.94. The summed E-state index contributed by atoms with van der Waals surface area (Å²) in [6.45, 7) is 0. The fourth-order valence-corrected chi connectivity index (χ4v) is 1.65. The van der Waals surface area contributed by atoms with Crippen LogP contribution < -0.4 is 10.6 Å². The van der Waals surface area contributed by atoms with Gasteiger partial charge in [0.2, 0.25) is 5.60 Å². The summed E-state index contributed by atoms with van der Waals surface area (Å²) in [5.41, 5.74) is -1.35. The highest BCUT2D eigenvalue weighted by molar-refractivity contribution is 6.18. The molecule has 1 aliphatic rings. The number of hydrogen-bond donors (Lipinski definition) is 3. The van der Waals surface area contributed by atoms with Crippen LogP contribution in [0.2, 0.25) is 0 Å². The molecule has 0 radical (unpaired) electrons. The molecule has 0 aliphatic carbocycles. The normalized spacial score (nSPS) is 23.2. The molecule has 1 aromatic rings. The van der Waals surface area contributed by atoms with Crippen LogP contribution in [0.4, 0.5) is 5.69 Å². The molecule has 2 amide bonds. The van der Waals surface area contributed by atoms with E-state index in [9.17, 15) is 14.7 Å². The zero-order valence-corrected chi connectivity index (χ0v) is 8.07. The van der Waals surface area contributed by atoms with E-state index in [0.29, 0.717) is 5.69 Å². The van der Waals surface area contributed by atoms with Gasteiger partial charge in [0, 0.05) is 18.3 Å². The molecule has 0 saturated carbocycles. The van der Waals surface area contributed by atoms with Gasteiger partial charge in [-0.25, -0.2) is 0 Å². The van der Waals surface area contributed by atoms with Crippen molar-refractivity contribution in [1.29, 1.82) is 0 Å². The van der Waals surface area contributed by atoms with E-state index in [0.717, 1.165) is 0 Å². The van der Waals surface area contributed by atoms with Gasteiger partial charge in [-0.2, -0.15) is 0 Å². The molecule has 0 fully saturated rings. The summed E-state index contributed by atoms with van der Waals surface area (Å²) >= 11 is 0. The second kappa shape index (κ2) is 3.06. The number of carbonyl (C=O) groups is 2. The standard InChI is InChI=1S/C10H10N2O3/c1-11-8(13)10(15)6-4-2-3-5-7(6)12-9(10)14/h2-5,15H,1H3,(H,11,13)(H,12,14). The highest BCUT2D eigenvalue weighted by atomic mass is 16.3. The summed E-state index contributed by atoms with van der Waals surface area (Å²) in [6, 6.07) is 6.55. The van der Waals surface area contributed by atoms with E-state index in [1.165, 1.54) is 7.05 Å². The van der Waals surface area contributed by atoms with Gasteiger partial charge in [-0.1, -0.05) is 18.2 Å². The molecule has 0 spiro atoms. The molecule has 0 bridgehead atoms. The fraction of sp³-hybridized carbons (Fsp3) is 0.200. The minimum Gasteiger partial charge on any atom is -0.368 e. The zero-order valence-electron chi connectivity index (χ0n) is 8.07. The predicted octanol–water partition coefficient (Wildman–Crippen LogP) is -0.428. The number of aliphatic hydroxyl groups is 1. The fourth-order valence-electron chi connectivity index (χ4n) is 1.65. The Morgan fingerprint density at radius 3 is 2.80 bits per heavy atom. The molecule has 1 unspecified atom stereocenters. The summed E-state index contributed by atoms with van der Waals surface area (Å²) < 4.78 is 0. The minimum absolute atomic E-state index is 0.286.